The number of ether oxygens (including phenoxy) is 3. The van der Waals surface area contributed by atoms with E-state index in [1.165, 1.54) is 0 Å². The Labute approximate surface area is 236 Å². The van der Waals surface area contributed by atoms with Gasteiger partial charge in [0.25, 0.3) is 11.7 Å². The van der Waals surface area contributed by atoms with Gasteiger partial charge >= 0.3 is 0 Å². The molecule has 4 fully saturated rings. The summed E-state index contributed by atoms with van der Waals surface area (Å²) in [5, 5.41) is 3.51. The van der Waals surface area contributed by atoms with E-state index in [9.17, 15) is 9.59 Å². The molecule has 39 heavy (non-hydrogen) atoms. The van der Waals surface area contributed by atoms with E-state index in [0.29, 0.717) is 41.6 Å². The predicted molar refractivity (Wildman–Crippen MR) is 149 cm³/mol. The van der Waals surface area contributed by atoms with Crippen LogP contribution in [0.3, 0.4) is 0 Å². The van der Waals surface area contributed by atoms with E-state index in [1.807, 2.05) is 13.8 Å². The first-order chi connectivity index (χ1) is 18.4. The molecular weight excluding hydrogens is 518 g/mol. The molecule has 9 heteroatoms. The Morgan fingerprint density at radius 2 is 1.74 bits per heavy atom. The van der Waals surface area contributed by atoms with Crippen molar-refractivity contribution in [3.63, 3.8) is 0 Å². The first-order valence-electron chi connectivity index (χ1n) is 14.5. The van der Waals surface area contributed by atoms with Crippen molar-refractivity contribution in [3.05, 3.63) is 21.7 Å². The minimum absolute atomic E-state index is 0.0543. The van der Waals surface area contributed by atoms with Crippen LogP contribution in [-0.2, 0) is 16.0 Å². The van der Waals surface area contributed by atoms with Crippen molar-refractivity contribution in [1.29, 1.82) is 0 Å². The van der Waals surface area contributed by atoms with Gasteiger partial charge in [-0.25, -0.2) is 0 Å². The quantitative estimate of drug-likeness (QED) is 0.578. The number of methoxy groups -OCH3 is 1. The number of fused-ring (bicyclic) bond motifs is 5. The fourth-order valence-electron chi connectivity index (χ4n) is 8.21. The minimum Gasteiger partial charge on any atom is -0.448 e. The number of halogens is 1. The maximum atomic E-state index is 13.9. The number of nitrogens with one attached hydrogen (secondary N) is 1. The molecule has 1 aromatic carbocycles. The summed E-state index contributed by atoms with van der Waals surface area (Å²) in [6.45, 7) is 6.79. The molecule has 6 aliphatic rings. The minimum atomic E-state index is -0.822. The van der Waals surface area contributed by atoms with Gasteiger partial charge in [-0.15, -0.1) is 0 Å². The van der Waals surface area contributed by atoms with Crippen LogP contribution >= 0.6 is 11.6 Å². The molecule has 0 spiro atoms. The van der Waals surface area contributed by atoms with E-state index < -0.39 is 11.7 Å². The zero-order valence-corrected chi connectivity index (χ0v) is 24.9. The Bertz CT molecular complexity index is 1190. The number of nitrogens with zero attached hydrogens (tertiary/aromatic N) is 2. The zero-order valence-electron chi connectivity index (χ0n) is 24.1. The smallest absolute Gasteiger partial charge is 0.254 e. The molecule has 3 aliphatic heterocycles. The molecule has 3 saturated carbocycles. The van der Waals surface area contributed by atoms with Crippen molar-refractivity contribution >= 4 is 23.4 Å². The maximum absolute atomic E-state index is 13.9. The number of carbonyl (C=O) groups is 2. The molecule has 4 atom stereocenters. The van der Waals surface area contributed by atoms with Crippen molar-refractivity contribution < 1.29 is 23.8 Å². The number of rotatable bonds is 5. The number of amides is 2. The molecule has 1 aromatic rings. The van der Waals surface area contributed by atoms with Crippen LogP contribution in [0.5, 0.6) is 11.5 Å². The fraction of sp³-hybridized carbons (Fsp3) is 0.733. The lowest BCUT2D eigenvalue weighted by Crippen LogP contribution is -2.62. The topological polar surface area (TPSA) is 80.3 Å². The summed E-state index contributed by atoms with van der Waals surface area (Å²) in [7, 11) is 6.03. The molecule has 1 saturated heterocycles. The van der Waals surface area contributed by atoms with Gasteiger partial charge in [-0.05, 0) is 84.9 Å². The lowest BCUT2D eigenvalue weighted by molar-refractivity contribution is -0.211. The molecule has 214 valence electrons. The number of carbonyl (C=O) groups excluding carboxylic acids is 2. The van der Waals surface area contributed by atoms with Crippen molar-refractivity contribution in [2.75, 3.05) is 34.3 Å². The van der Waals surface area contributed by atoms with Crippen molar-refractivity contribution in [3.8, 4) is 11.5 Å². The summed E-state index contributed by atoms with van der Waals surface area (Å²) in [5.41, 5.74) is 2.38. The summed E-state index contributed by atoms with van der Waals surface area (Å²) >= 11 is 7.00. The highest BCUT2D eigenvalue weighted by Crippen LogP contribution is 2.63. The molecular formula is C30H42ClN3O5. The summed E-state index contributed by atoms with van der Waals surface area (Å²) < 4.78 is 19.1. The fourth-order valence-corrected chi connectivity index (χ4v) is 8.52. The van der Waals surface area contributed by atoms with Crippen LogP contribution in [0.25, 0.3) is 0 Å². The Morgan fingerprint density at radius 1 is 1.10 bits per heavy atom. The number of hydrogen-bond donors (Lipinski definition) is 1. The summed E-state index contributed by atoms with van der Waals surface area (Å²) in [5.74, 6) is -0.219. The Balaban J connectivity index is 1.27. The molecule has 2 amide bonds. The molecule has 2 bridgehead atoms. The molecule has 7 rings (SSSR count). The zero-order chi connectivity index (χ0) is 27.9. The summed E-state index contributed by atoms with van der Waals surface area (Å²) in [6, 6.07) is 0.0543. The van der Waals surface area contributed by atoms with Crippen LogP contribution in [0.2, 0.25) is 5.02 Å². The monoisotopic (exact) mass is 559 g/mol. The standard InChI is InChI=1S/C30H42ClN3O5/c1-17-15-21(37-6)20(26(35)32-17)16-34-14-7-19-22(27(34)36)18(2)24-25(23(19)31)39-28(3,38-24)29-8-11-30(12-9-29,13-10-29)33(4)5/h17,20-21H,7-16H2,1-6H3,(H,32,35). The van der Waals surface area contributed by atoms with Crippen molar-refractivity contribution in [1.82, 2.24) is 15.1 Å². The van der Waals surface area contributed by atoms with Crippen LogP contribution in [0.15, 0.2) is 0 Å². The van der Waals surface area contributed by atoms with E-state index in [-0.39, 0.29) is 34.9 Å². The van der Waals surface area contributed by atoms with Gasteiger partial charge in [0.15, 0.2) is 11.5 Å². The van der Waals surface area contributed by atoms with Crippen molar-refractivity contribution in [2.45, 2.75) is 95.6 Å². The van der Waals surface area contributed by atoms with Crippen LogP contribution in [0.1, 0.15) is 80.3 Å². The lowest BCUT2D eigenvalue weighted by Gasteiger charge is -2.59. The van der Waals surface area contributed by atoms with E-state index in [2.05, 4.69) is 31.2 Å². The third-order valence-electron chi connectivity index (χ3n) is 11.0. The third kappa shape index (κ3) is 3.91. The summed E-state index contributed by atoms with van der Waals surface area (Å²) in [4.78, 5) is 30.9. The summed E-state index contributed by atoms with van der Waals surface area (Å²) in [6.07, 6.45) is 7.63. The van der Waals surface area contributed by atoms with E-state index in [0.717, 1.165) is 56.1 Å². The highest BCUT2D eigenvalue weighted by Gasteiger charge is 2.63. The van der Waals surface area contributed by atoms with Gasteiger partial charge < -0.3 is 29.3 Å². The SMILES string of the molecule is COC1CC(C)NC(=O)C1CN1CCc2c(Cl)c3c(c(C)c2C1=O)OC(C)(C12CCC(N(C)C)(CC1)CC2)O3. The van der Waals surface area contributed by atoms with Gasteiger partial charge in [0.1, 0.15) is 0 Å². The first-order valence-corrected chi connectivity index (χ1v) is 14.8. The second-order valence-corrected chi connectivity index (χ2v) is 13.4. The number of benzene rings is 1. The average molecular weight is 560 g/mol. The first kappa shape index (κ1) is 27.2. The Hall–Kier alpha value is -2.03. The van der Waals surface area contributed by atoms with Gasteiger partial charge in [-0.1, -0.05) is 11.6 Å². The molecule has 3 aliphatic carbocycles. The van der Waals surface area contributed by atoms with E-state index in [4.69, 9.17) is 25.8 Å². The van der Waals surface area contributed by atoms with Gasteiger partial charge in [-0.2, -0.15) is 0 Å². The second-order valence-electron chi connectivity index (χ2n) is 13.0. The van der Waals surface area contributed by atoms with Gasteiger partial charge in [-0.3, -0.25) is 9.59 Å². The van der Waals surface area contributed by atoms with Gasteiger partial charge in [0.2, 0.25) is 5.91 Å². The van der Waals surface area contributed by atoms with Crippen LogP contribution in [-0.4, -0.2) is 79.4 Å². The molecule has 4 unspecified atom stereocenters. The molecule has 8 nitrogen and oxygen atoms in total. The van der Waals surface area contributed by atoms with Crippen molar-refractivity contribution in [2.24, 2.45) is 11.3 Å². The maximum Gasteiger partial charge on any atom is 0.254 e. The average Bonchev–Trinajstić information content (AvgIpc) is 3.30. The predicted octanol–water partition coefficient (Wildman–Crippen LogP) is 4.33. The van der Waals surface area contributed by atoms with Crippen LogP contribution in [0, 0.1) is 18.3 Å². The van der Waals surface area contributed by atoms with E-state index in [1.54, 1.807) is 12.0 Å². The van der Waals surface area contributed by atoms with Gasteiger partial charge in [0.05, 0.1) is 22.6 Å². The Morgan fingerprint density at radius 3 is 2.36 bits per heavy atom. The number of piperidine rings is 1. The second kappa shape index (κ2) is 9.25. The largest absolute Gasteiger partial charge is 0.448 e. The highest BCUT2D eigenvalue weighted by molar-refractivity contribution is 6.34. The normalized spacial score (nSPS) is 37.3. The number of hydrogen-bond acceptors (Lipinski definition) is 6. The highest BCUT2D eigenvalue weighted by atomic mass is 35.5. The molecule has 3 heterocycles. The molecule has 1 N–H and O–H groups in total. The van der Waals surface area contributed by atoms with Gasteiger partial charge in [0, 0.05) is 49.7 Å². The lowest BCUT2D eigenvalue weighted by atomic mass is 9.54. The molecule has 0 radical (unpaired) electrons. The van der Waals surface area contributed by atoms with E-state index >= 15 is 0 Å². The van der Waals surface area contributed by atoms with Crippen LogP contribution in [0.4, 0.5) is 0 Å². The Kier molecular flexibility index (Phi) is 6.44. The van der Waals surface area contributed by atoms with Crippen LogP contribution < -0.4 is 14.8 Å². The third-order valence-corrected chi connectivity index (χ3v) is 11.4. The molecule has 0 aromatic heterocycles.